The lowest BCUT2D eigenvalue weighted by Gasteiger charge is -2.34. The second-order valence-corrected chi connectivity index (χ2v) is 5.54. The van der Waals surface area contributed by atoms with E-state index in [4.69, 9.17) is 11.6 Å². The third-order valence-corrected chi connectivity index (χ3v) is 4.22. The molecular weight excluding hydrogens is 260 g/mol. The lowest BCUT2D eigenvalue weighted by Crippen LogP contribution is -2.35. The molecule has 100 valence electrons. The van der Waals surface area contributed by atoms with E-state index in [0.717, 1.165) is 12.1 Å². The summed E-state index contributed by atoms with van der Waals surface area (Å²) >= 11 is 6.23. The summed E-state index contributed by atoms with van der Waals surface area (Å²) in [5.41, 5.74) is 2.38. The lowest BCUT2D eigenvalue weighted by molar-refractivity contribution is 0.0136. The molecule has 0 saturated carbocycles. The van der Waals surface area contributed by atoms with E-state index in [1.165, 1.54) is 11.1 Å². The minimum atomic E-state index is -0.905. The molecule has 3 rings (SSSR count). The monoisotopic (exact) mass is 276 g/mol. The summed E-state index contributed by atoms with van der Waals surface area (Å²) in [7, 11) is 0. The minimum Gasteiger partial charge on any atom is -0.383 e. The van der Waals surface area contributed by atoms with Crippen LogP contribution >= 0.6 is 11.6 Å². The predicted molar refractivity (Wildman–Crippen MR) is 75.3 cm³/mol. The van der Waals surface area contributed by atoms with Crippen LogP contribution in [0.2, 0.25) is 5.02 Å². The SMILES string of the molecule is CCn1ncc(Cl)c1C1(O)CCc2ccccc2C1. The maximum absolute atomic E-state index is 11.0. The van der Waals surface area contributed by atoms with Crippen LogP contribution in [0.5, 0.6) is 0 Å². The molecule has 3 nitrogen and oxygen atoms in total. The van der Waals surface area contributed by atoms with Crippen LogP contribution < -0.4 is 0 Å². The highest BCUT2D eigenvalue weighted by Gasteiger charge is 2.38. The van der Waals surface area contributed by atoms with Gasteiger partial charge in [-0.2, -0.15) is 5.10 Å². The van der Waals surface area contributed by atoms with Crippen LogP contribution in [0.1, 0.15) is 30.2 Å². The highest BCUT2D eigenvalue weighted by molar-refractivity contribution is 6.31. The normalized spacial score (nSPS) is 22.3. The van der Waals surface area contributed by atoms with Crippen molar-refractivity contribution in [3.05, 3.63) is 52.3 Å². The Morgan fingerprint density at radius 2 is 2.11 bits per heavy atom. The maximum atomic E-state index is 11.0. The quantitative estimate of drug-likeness (QED) is 0.916. The molecule has 0 saturated heterocycles. The van der Waals surface area contributed by atoms with Gasteiger partial charge < -0.3 is 5.11 Å². The molecular formula is C15H17ClN2O. The third-order valence-electron chi connectivity index (χ3n) is 3.94. The molecule has 2 aromatic rings. The van der Waals surface area contributed by atoms with E-state index in [9.17, 15) is 5.11 Å². The Bertz CT molecular complexity index is 608. The number of aryl methyl sites for hydroxylation is 2. The zero-order chi connectivity index (χ0) is 13.5. The molecule has 1 aliphatic carbocycles. The van der Waals surface area contributed by atoms with Crippen molar-refractivity contribution in [2.24, 2.45) is 0 Å². The van der Waals surface area contributed by atoms with Gasteiger partial charge in [-0.05, 0) is 30.9 Å². The Kier molecular flexibility index (Phi) is 3.11. The molecule has 1 heterocycles. The summed E-state index contributed by atoms with van der Waals surface area (Å²) in [6, 6.07) is 8.28. The second kappa shape index (κ2) is 4.66. The van der Waals surface area contributed by atoms with Gasteiger partial charge in [-0.25, -0.2) is 0 Å². The van der Waals surface area contributed by atoms with Gasteiger partial charge in [0.15, 0.2) is 0 Å². The van der Waals surface area contributed by atoms with Crippen molar-refractivity contribution in [2.75, 3.05) is 0 Å². The summed E-state index contributed by atoms with van der Waals surface area (Å²) < 4.78 is 1.80. The van der Waals surface area contributed by atoms with E-state index in [1.54, 1.807) is 10.9 Å². The molecule has 1 unspecified atom stereocenters. The number of aromatic nitrogens is 2. The van der Waals surface area contributed by atoms with Crippen molar-refractivity contribution < 1.29 is 5.11 Å². The van der Waals surface area contributed by atoms with Crippen molar-refractivity contribution in [3.8, 4) is 0 Å². The molecule has 0 radical (unpaired) electrons. The van der Waals surface area contributed by atoms with Gasteiger partial charge in [-0.3, -0.25) is 4.68 Å². The standard InChI is InChI=1S/C15H17ClN2O/c1-2-18-14(13(16)10-17-18)15(19)8-7-11-5-3-4-6-12(11)9-15/h3-6,10,19H,2,7-9H2,1H3. The van der Waals surface area contributed by atoms with E-state index in [0.29, 0.717) is 24.4 Å². The molecule has 4 heteroatoms. The zero-order valence-electron chi connectivity index (χ0n) is 10.9. The first-order chi connectivity index (χ1) is 9.14. The highest BCUT2D eigenvalue weighted by atomic mass is 35.5. The van der Waals surface area contributed by atoms with Gasteiger partial charge in [-0.15, -0.1) is 0 Å². The van der Waals surface area contributed by atoms with Crippen molar-refractivity contribution in [2.45, 2.75) is 38.3 Å². The van der Waals surface area contributed by atoms with E-state index in [-0.39, 0.29) is 0 Å². The van der Waals surface area contributed by atoms with Gasteiger partial charge in [0.05, 0.1) is 16.9 Å². The van der Waals surface area contributed by atoms with E-state index in [2.05, 4.69) is 17.2 Å². The average molecular weight is 277 g/mol. The summed E-state index contributed by atoms with van der Waals surface area (Å²) in [6.45, 7) is 2.72. The van der Waals surface area contributed by atoms with Gasteiger partial charge >= 0.3 is 0 Å². The number of hydrogen-bond acceptors (Lipinski definition) is 2. The first-order valence-electron chi connectivity index (χ1n) is 6.65. The third kappa shape index (κ3) is 2.07. The van der Waals surface area contributed by atoms with Crippen LogP contribution in [0.3, 0.4) is 0 Å². The fourth-order valence-electron chi connectivity index (χ4n) is 2.99. The molecule has 0 aliphatic heterocycles. The molecule has 1 aromatic carbocycles. The fourth-order valence-corrected chi connectivity index (χ4v) is 3.30. The van der Waals surface area contributed by atoms with Gasteiger partial charge in [0.1, 0.15) is 5.60 Å². The van der Waals surface area contributed by atoms with Crippen molar-refractivity contribution >= 4 is 11.6 Å². The Labute approximate surface area is 117 Å². The Morgan fingerprint density at radius 1 is 1.37 bits per heavy atom. The minimum absolute atomic E-state index is 0.559. The largest absolute Gasteiger partial charge is 0.383 e. The Hall–Kier alpha value is -1.32. The lowest BCUT2D eigenvalue weighted by atomic mass is 9.78. The molecule has 0 bridgehead atoms. The zero-order valence-corrected chi connectivity index (χ0v) is 11.7. The number of hydrogen-bond donors (Lipinski definition) is 1. The van der Waals surface area contributed by atoms with E-state index >= 15 is 0 Å². The predicted octanol–water partition coefficient (Wildman–Crippen LogP) is 2.93. The van der Waals surface area contributed by atoms with E-state index < -0.39 is 5.60 Å². The van der Waals surface area contributed by atoms with Crippen LogP contribution in [0.15, 0.2) is 30.5 Å². The Morgan fingerprint density at radius 3 is 2.84 bits per heavy atom. The van der Waals surface area contributed by atoms with Gasteiger partial charge in [0, 0.05) is 13.0 Å². The molecule has 0 fully saturated rings. The highest BCUT2D eigenvalue weighted by Crippen LogP contribution is 2.39. The average Bonchev–Trinajstić information content (AvgIpc) is 2.80. The fraction of sp³-hybridized carbons (Fsp3) is 0.400. The number of nitrogens with zero attached hydrogens (tertiary/aromatic N) is 2. The summed E-state index contributed by atoms with van der Waals surface area (Å²) in [4.78, 5) is 0. The topological polar surface area (TPSA) is 38.0 Å². The molecule has 1 aromatic heterocycles. The number of rotatable bonds is 2. The van der Waals surface area contributed by atoms with Crippen molar-refractivity contribution in [1.82, 2.24) is 9.78 Å². The smallest absolute Gasteiger partial charge is 0.112 e. The van der Waals surface area contributed by atoms with Crippen LogP contribution in [0.25, 0.3) is 0 Å². The summed E-state index contributed by atoms with van der Waals surface area (Å²) in [5, 5.41) is 15.8. The van der Waals surface area contributed by atoms with Crippen LogP contribution in [0, 0.1) is 0 Å². The molecule has 1 atom stereocenters. The van der Waals surface area contributed by atoms with Crippen molar-refractivity contribution in [1.29, 1.82) is 0 Å². The van der Waals surface area contributed by atoms with E-state index in [1.807, 2.05) is 19.1 Å². The number of benzene rings is 1. The summed E-state index contributed by atoms with van der Waals surface area (Å²) in [5.74, 6) is 0. The van der Waals surface area contributed by atoms with Gasteiger partial charge in [-0.1, -0.05) is 35.9 Å². The molecule has 0 spiro atoms. The maximum Gasteiger partial charge on any atom is 0.112 e. The van der Waals surface area contributed by atoms with Gasteiger partial charge in [0.2, 0.25) is 0 Å². The van der Waals surface area contributed by atoms with Crippen molar-refractivity contribution in [3.63, 3.8) is 0 Å². The molecule has 0 amide bonds. The first kappa shape index (κ1) is 12.7. The molecule has 19 heavy (non-hydrogen) atoms. The molecule has 1 N–H and O–H groups in total. The molecule has 1 aliphatic rings. The summed E-state index contributed by atoms with van der Waals surface area (Å²) in [6.07, 6.45) is 3.79. The Balaban J connectivity index is 2.04. The van der Waals surface area contributed by atoms with Crippen LogP contribution in [0.4, 0.5) is 0 Å². The number of halogens is 1. The number of aliphatic hydroxyl groups is 1. The van der Waals surface area contributed by atoms with Crippen LogP contribution in [-0.4, -0.2) is 14.9 Å². The number of fused-ring (bicyclic) bond motifs is 1. The van der Waals surface area contributed by atoms with Crippen LogP contribution in [-0.2, 0) is 25.0 Å². The van der Waals surface area contributed by atoms with Gasteiger partial charge in [0.25, 0.3) is 0 Å². The second-order valence-electron chi connectivity index (χ2n) is 5.13. The first-order valence-corrected chi connectivity index (χ1v) is 7.03.